The van der Waals surface area contributed by atoms with Crippen molar-refractivity contribution in [2.45, 2.75) is 25.7 Å². The highest BCUT2D eigenvalue weighted by Crippen LogP contribution is 2.37. The van der Waals surface area contributed by atoms with Gasteiger partial charge >= 0.3 is 5.69 Å². The summed E-state index contributed by atoms with van der Waals surface area (Å²) in [5, 5.41) is 16.8. The van der Waals surface area contributed by atoms with Crippen LogP contribution >= 0.6 is 11.3 Å². The summed E-state index contributed by atoms with van der Waals surface area (Å²) in [5.74, 6) is -0.711. The number of nitrogen functional groups attached to an aromatic ring is 1. The third kappa shape index (κ3) is 2.89. The Balaban J connectivity index is 1.60. The predicted molar refractivity (Wildman–Crippen MR) is 108 cm³/mol. The molecule has 0 unspecified atom stereocenters. The van der Waals surface area contributed by atoms with E-state index in [-0.39, 0.29) is 10.6 Å². The van der Waals surface area contributed by atoms with Crippen molar-refractivity contribution in [1.82, 2.24) is 10.3 Å². The van der Waals surface area contributed by atoms with Crippen molar-refractivity contribution in [2.75, 3.05) is 12.8 Å². The minimum atomic E-state index is -0.820. The summed E-state index contributed by atoms with van der Waals surface area (Å²) in [6.45, 7) is 0. The van der Waals surface area contributed by atoms with Crippen molar-refractivity contribution in [1.29, 1.82) is 0 Å². The number of ether oxygens (including phenoxy) is 1. The molecule has 5 rings (SSSR count). The molecule has 0 aliphatic heterocycles. The third-order valence-electron chi connectivity index (χ3n) is 5.35. The molecule has 3 heterocycles. The molecule has 1 aliphatic carbocycles. The quantitative estimate of drug-likeness (QED) is 0.396. The number of rotatable bonds is 4. The number of anilines is 1. The van der Waals surface area contributed by atoms with Gasteiger partial charge in [-0.3, -0.25) is 4.79 Å². The SMILES string of the molecule is COc1ccc(-[n+]2noc([O-])c2C(=O)c2sc3nc4c(cc3c2N)CCCC4)cc1. The molecule has 152 valence electrons. The number of aryl methyl sites for hydroxylation is 2. The van der Waals surface area contributed by atoms with E-state index in [4.69, 9.17) is 20.0 Å². The molecule has 0 saturated heterocycles. The maximum atomic E-state index is 13.3. The van der Waals surface area contributed by atoms with Crippen molar-refractivity contribution < 1.29 is 23.8 Å². The lowest BCUT2D eigenvalue weighted by molar-refractivity contribution is -0.672. The van der Waals surface area contributed by atoms with Gasteiger partial charge in [-0.05, 0) is 54.1 Å². The Morgan fingerprint density at radius 2 is 2.03 bits per heavy atom. The normalized spacial score (nSPS) is 13.4. The fraction of sp³-hybridized carbons (Fsp3) is 0.238. The van der Waals surface area contributed by atoms with E-state index in [1.54, 1.807) is 31.4 Å². The number of fused-ring (bicyclic) bond motifs is 2. The fourth-order valence-corrected chi connectivity index (χ4v) is 4.81. The van der Waals surface area contributed by atoms with Crippen LogP contribution in [0.2, 0.25) is 0 Å². The van der Waals surface area contributed by atoms with Gasteiger partial charge in [-0.25, -0.2) is 4.98 Å². The van der Waals surface area contributed by atoms with Gasteiger partial charge in [-0.2, -0.15) is 0 Å². The Labute approximate surface area is 175 Å². The highest BCUT2D eigenvalue weighted by molar-refractivity contribution is 7.21. The van der Waals surface area contributed by atoms with Gasteiger partial charge in [-0.1, -0.05) is 0 Å². The van der Waals surface area contributed by atoms with Crippen LogP contribution in [0, 0.1) is 0 Å². The van der Waals surface area contributed by atoms with E-state index in [2.05, 4.69) is 5.27 Å². The van der Waals surface area contributed by atoms with Crippen LogP contribution in [-0.2, 0) is 12.8 Å². The zero-order valence-electron chi connectivity index (χ0n) is 16.2. The van der Waals surface area contributed by atoms with Gasteiger partial charge in [0.25, 0.3) is 5.78 Å². The molecule has 30 heavy (non-hydrogen) atoms. The second-order valence-electron chi connectivity index (χ2n) is 7.15. The lowest BCUT2D eigenvalue weighted by atomic mass is 9.95. The first kappa shape index (κ1) is 18.6. The van der Waals surface area contributed by atoms with Crippen LogP contribution in [0.4, 0.5) is 5.69 Å². The summed E-state index contributed by atoms with van der Waals surface area (Å²) < 4.78 is 11.1. The van der Waals surface area contributed by atoms with Crippen LogP contribution in [0.5, 0.6) is 11.7 Å². The van der Waals surface area contributed by atoms with Crippen LogP contribution in [0.15, 0.2) is 34.9 Å². The number of hydrogen-bond acceptors (Lipinski definition) is 8. The van der Waals surface area contributed by atoms with Crippen molar-refractivity contribution in [3.63, 3.8) is 0 Å². The summed E-state index contributed by atoms with van der Waals surface area (Å²) >= 11 is 1.19. The zero-order chi connectivity index (χ0) is 20.8. The summed E-state index contributed by atoms with van der Waals surface area (Å²) in [6.07, 6.45) is 4.13. The molecule has 1 aromatic carbocycles. The van der Waals surface area contributed by atoms with Crippen LogP contribution in [0.25, 0.3) is 15.9 Å². The molecule has 4 aromatic rings. The number of nitrogens with two attached hydrogens (primary N) is 1. The highest BCUT2D eigenvalue weighted by atomic mass is 32.1. The van der Waals surface area contributed by atoms with Crippen LogP contribution in [-0.4, -0.2) is 23.1 Å². The van der Waals surface area contributed by atoms with Gasteiger partial charge in [0.1, 0.15) is 15.5 Å². The summed E-state index contributed by atoms with van der Waals surface area (Å²) in [5.41, 5.74) is 9.20. The minimum Gasteiger partial charge on any atom is -0.539 e. The van der Waals surface area contributed by atoms with Gasteiger partial charge in [0.05, 0.1) is 18.1 Å². The van der Waals surface area contributed by atoms with Crippen molar-refractivity contribution in [2.24, 2.45) is 0 Å². The molecule has 2 N–H and O–H groups in total. The van der Waals surface area contributed by atoms with Gasteiger partial charge in [0.15, 0.2) is 5.95 Å². The number of pyridine rings is 1. The molecular formula is C21H18N4O4S. The molecule has 0 amide bonds. The Kier molecular flexibility index (Phi) is 4.39. The first-order chi connectivity index (χ1) is 14.6. The van der Waals surface area contributed by atoms with E-state index in [9.17, 15) is 9.90 Å². The Hall–Kier alpha value is -3.46. The first-order valence-corrected chi connectivity index (χ1v) is 10.4. The molecule has 0 radical (unpaired) electrons. The average Bonchev–Trinajstić information content (AvgIpc) is 3.32. The Morgan fingerprint density at radius 3 is 2.80 bits per heavy atom. The van der Waals surface area contributed by atoms with Crippen molar-refractivity contribution in [3.8, 4) is 17.4 Å². The smallest absolute Gasteiger partial charge is 0.312 e. The van der Waals surface area contributed by atoms with E-state index in [0.29, 0.717) is 22.0 Å². The van der Waals surface area contributed by atoms with E-state index < -0.39 is 11.7 Å². The van der Waals surface area contributed by atoms with Gasteiger partial charge in [0.2, 0.25) is 5.69 Å². The number of ketones is 1. The number of carbonyl (C=O) groups is 1. The van der Waals surface area contributed by atoms with Gasteiger partial charge in [-0.15, -0.1) is 11.3 Å². The Morgan fingerprint density at radius 1 is 1.27 bits per heavy atom. The topological polar surface area (TPSA) is 118 Å². The molecule has 0 bridgehead atoms. The molecule has 8 nitrogen and oxygen atoms in total. The number of methoxy groups -OCH3 is 1. The number of aromatic nitrogens is 3. The van der Waals surface area contributed by atoms with Gasteiger partial charge in [0, 0.05) is 23.2 Å². The van der Waals surface area contributed by atoms with E-state index in [1.165, 1.54) is 21.6 Å². The van der Waals surface area contributed by atoms with E-state index >= 15 is 0 Å². The molecule has 1 aliphatic rings. The second-order valence-corrected chi connectivity index (χ2v) is 8.15. The predicted octanol–water partition coefficient (Wildman–Crippen LogP) is 2.34. The van der Waals surface area contributed by atoms with Crippen LogP contribution < -0.4 is 20.3 Å². The average molecular weight is 422 g/mol. The molecule has 0 atom stereocenters. The molecule has 3 aromatic heterocycles. The molecule has 9 heteroatoms. The first-order valence-electron chi connectivity index (χ1n) is 9.55. The lowest BCUT2D eigenvalue weighted by Crippen LogP contribution is -2.39. The highest BCUT2D eigenvalue weighted by Gasteiger charge is 2.32. The molecule has 0 fully saturated rings. The summed E-state index contributed by atoms with van der Waals surface area (Å²) in [7, 11) is 1.55. The maximum Gasteiger partial charge on any atom is 0.312 e. The van der Waals surface area contributed by atoms with E-state index in [1.807, 2.05) is 6.07 Å². The minimum absolute atomic E-state index is 0.205. The summed E-state index contributed by atoms with van der Waals surface area (Å²) in [4.78, 5) is 19.0. The molecular weight excluding hydrogens is 404 g/mol. The Bertz CT molecular complexity index is 1280. The van der Waals surface area contributed by atoms with Crippen molar-refractivity contribution in [3.05, 3.63) is 52.2 Å². The van der Waals surface area contributed by atoms with Gasteiger partial charge < -0.3 is 20.1 Å². The zero-order valence-corrected chi connectivity index (χ0v) is 17.0. The number of benzene rings is 1. The molecule has 0 spiro atoms. The fourth-order valence-electron chi connectivity index (χ4n) is 3.77. The summed E-state index contributed by atoms with van der Waals surface area (Å²) in [6, 6.07) is 8.81. The maximum absolute atomic E-state index is 13.3. The largest absolute Gasteiger partial charge is 0.539 e. The van der Waals surface area contributed by atoms with Crippen LogP contribution in [0.3, 0.4) is 0 Å². The van der Waals surface area contributed by atoms with Crippen molar-refractivity contribution >= 4 is 33.0 Å². The lowest BCUT2D eigenvalue weighted by Gasteiger charge is -2.14. The monoisotopic (exact) mass is 422 g/mol. The number of nitrogens with zero attached hydrogens (tertiary/aromatic N) is 3. The number of thiophene rings is 1. The number of carbonyl (C=O) groups excluding carboxylic acids is 1. The van der Waals surface area contributed by atoms with E-state index in [0.717, 1.165) is 36.8 Å². The third-order valence-corrected chi connectivity index (χ3v) is 6.46. The second kappa shape index (κ2) is 7.10. The standard InChI is InChI=1S/C21H18N4O4S/c1-28-13-8-6-12(7-9-13)25-17(21(27)29-24-25)18(26)19-16(22)14-10-11-4-2-3-5-15(11)23-20(14)30-19/h6-10H,2-5H2,1H3,(H2-,22,24,26,27). The van der Waals surface area contributed by atoms with Crippen LogP contribution in [0.1, 0.15) is 39.5 Å². The molecule has 0 saturated carbocycles. The number of hydrogen-bond donors (Lipinski definition) is 1.